The van der Waals surface area contributed by atoms with Gasteiger partial charge < -0.3 is 14.8 Å². The number of nitrogens with zero attached hydrogens (tertiary/aromatic N) is 1. The Hall–Kier alpha value is -2.60. The van der Waals surface area contributed by atoms with Crippen LogP contribution in [0.15, 0.2) is 42.5 Å². The van der Waals surface area contributed by atoms with E-state index in [9.17, 15) is 9.18 Å². The van der Waals surface area contributed by atoms with Crippen molar-refractivity contribution in [2.24, 2.45) is 0 Å². The Bertz CT molecular complexity index is 819. The molecule has 6 heteroatoms. The standard InChI is InChI=1S/C22H25FN2O3/c23-18-7-4-16(5-8-18)12-22(26)24-14-19(25-10-2-1-3-11-25)17-6-9-20-21(13-17)28-15-27-20/h4-9,13,19H,1-3,10-12,14-15H2,(H,24,26). The summed E-state index contributed by atoms with van der Waals surface area (Å²) in [5.41, 5.74) is 1.92. The zero-order chi connectivity index (χ0) is 19.3. The van der Waals surface area contributed by atoms with Gasteiger partial charge in [-0.05, 0) is 61.3 Å². The molecule has 2 aromatic rings. The Labute approximate surface area is 164 Å². The van der Waals surface area contributed by atoms with E-state index in [0.717, 1.165) is 35.7 Å². The van der Waals surface area contributed by atoms with Crippen LogP contribution in [-0.4, -0.2) is 37.2 Å². The van der Waals surface area contributed by atoms with Gasteiger partial charge in [-0.25, -0.2) is 4.39 Å². The van der Waals surface area contributed by atoms with Crippen LogP contribution in [0, 0.1) is 5.82 Å². The minimum absolute atomic E-state index is 0.0608. The zero-order valence-corrected chi connectivity index (χ0v) is 15.8. The van der Waals surface area contributed by atoms with E-state index >= 15 is 0 Å². The van der Waals surface area contributed by atoms with Crippen molar-refractivity contribution in [1.29, 1.82) is 0 Å². The number of ether oxygens (including phenoxy) is 2. The van der Waals surface area contributed by atoms with Crippen LogP contribution in [0.2, 0.25) is 0 Å². The molecular formula is C22H25FN2O3. The van der Waals surface area contributed by atoms with Crippen LogP contribution in [0.3, 0.4) is 0 Å². The number of fused-ring (bicyclic) bond motifs is 1. The van der Waals surface area contributed by atoms with Crippen LogP contribution in [-0.2, 0) is 11.2 Å². The van der Waals surface area contributed by atoms with Crippen molar-refractivity contribution in [3.8, 4) is 11.5 Å². The highest BCUT2D eigenvalue weighted by molar-refractivity contribution is 5.78. The number of carbonyl (C=O) groups excluding carboxylic acids is 1. The lowest BCUT2D eigenvalue weighted by molar-refractivity contribution is -0.120. The summed E-state index contributed by atoms with van der Waals surface area (Å²) in [5.74, 6) is 1.17. The van der Waals surface area contributed by atoms with Crippen molar-refractivity contribution in [3.05, 3.63) is 59.4 Å². The normalized spacial score (nSPS) is 17.3. The van der Waals surface area contributed by atoms with Crippen molar-refractivity contribution < 1.29 is 18.7 Å². The number of halogens is 1. The molecule has 0 aromatic heterocycles. The van der Waals surface area contributed by atoms with Crippen LogP contribution < -0.4 is 14.8 Å². The molecule has 1 N–H and O–H groups in total. The van der Waals surface area contributed by atoms with Crippen LogP contribution in [0.25, 0.3) is 0 Å². The van der Waals surface area contributed by atoms with E-state index in [4.69, 9.17) is 9.47 Å². The Kier molecular flexibility index (Phi) is 5.76. The molecule has 1 amide bonds. The van der Waals surface area contributed by atoms with E-state index in [2.05, 4.69) is 16.3 Å². The maximum atomic E-state index is 13.0. The van der Waals surface area contributed by atoms with Crippen LogP contribution in [0.5, 0.6) is 11.5 Å². The first-order chi connectivity index (χ1) is 13.7. The van der Waals surface area contributed by atoms with Gasteiger partial charge in [-0.2, -0.15) is 0 Å². The minimum Gasteiger partial charge on any atom is -0.454 e. The largest absolute Gasteiger partial charge is 0.454 e. The second-order valence-corrected chi connectivity index (χ2v) is 7.33. The van der Waals surface area contributed by atoms with Gasteiger partial charge in [0.25, 0.3) is 0 Å². The number of hydrogen-bond acceptors (Lipinski definition) is 4. The maximum Gasteiger partial charge on any atom is 0.231 e. The van der Waals surface area contributed by atoms with Crippen molar-refractivity contribution in [3.63, 3.8) is 0 Å². The third-order valence-electron chi connectivity index (χ3n) is 5.38. The van der Waals surface area contributed by atoms with E-state index in [0.29, 0.717) is 6.54 Å². The summed E-state index contributed by atoms with van der Waals surface area (Å²) in [7, 11) is 0. The van der Waals surface area contributed by atoms with Gasteiger partial charge >= 0.3 is 0 Å². The molecule has 4 rings (SSSR count). The maximum absolute atomic E-state index is 13.0. The summed E-state index contributed by atoms with van der Waals surface area (Å²) < 4.78 is 24.0. The molecule has 2 aliphatic rings. The number of amides is 1. The first-order valence-electron chi connectivity index (χ1n) is 9.84. The number of hydrogen-bond donors (Lipinski definition) is 1. The molecule has 0 spiro atoms. The summed E-state index contributed by atoms with van der Waals surface area (Å²) in [6.07, 6.45) is 3.84. The van der Waals surface area contributed by atoms with E-state index in [1.807, 2.05) is 12.1 Å². The molecule has 2 aliphatic heterocycles. The third-order valence-corrected chi connectivity index (χ3v) is 5.38. The van der Waals surface area contributed by atoms with E-state index < -0.39 is 0 Å². The molecular weight excluding hydrogens is 359 g/mol. The molecule has 2 aromatic carbocycles. The molecule has 0 aliphatic carbocycles. The van der Waals surface area contributed by atoms with Gasteiger partial charge in [0.05, 0.1) is 12.5 Å². The van der Waals surface area contributed by atoms with Crippen LogP contribution in [0.4, 0.5) is 4.39 Å². The van der Waals surface area contributed by atoms with Gasteiger partial charge in [0, 0.05) is 6.54 Å². The van der Waals surface area contributed by atoms with Crippen LogP contribution >= 0.6 is 0 Å². The number of carbonyl (C=O) groups is 1. The first-order valence-corrected chi connectivity index (χ1v) is 9.84. The van der Waals surface area contributed by atoms with E-state index in [1.165, 1.54) is 31.4 Å². The van der Waals surface area contributed by atoms with Crippen LogP contribution in [0.1, 0.15) is 36.4 Å². The van der Waals surface area contributed by atoms with Crippen molar-refractivity contribution in [1.82, 2.24) is 10.2 Å². The fourth-order valence-corrected chi connectivity index (χ4v) is 3.87. The Morgan fingerprint density at radius 1 is 1.04 bits per heavy atom. The van der Waals surface area contributed by atoms with Gasteiger partial charge in [0.15, 0.2) is 11.5 Å². The lowest BCUT2D eigenvalue weighted by Crippen LogP contribution is -2.41. The van der Waals surface area contributed by atoms with Gasteiger partial charge in [-0.3, -0.25) is 9.69 Å². The predicted octanol–water partition coefficient (Wildman–Crippen LogP) is 3.44. The number of rotatable bonds is 6. The highest BCUT2D eigenvalue weighted by Crippen LogP contribution is 2.36. The van der Waals surface area contributed by atoms with E-state index in [-0.39, 0.29) is 31.0 Å². The summed E-state index contributed by atoms with van der Waals surface area (Å²) in [6.45, 7) is 2.82. The molecule has 1 fully saturated rings. The second kappa shape index (κ2) is 8.61. The third kappa shape index (κ3) is 4.44. The van der Waals surface area contributed by atoms with Crippen molar-refractivity contribution in [2.45, 2.75) is 31.7 Å². The van der Waals surface area contributed by atoms with Gasteiger partial charge in [0.1, 0.15) is 5.82 Å². The molecule has 1 saturated heterocycles. The summed E-state index contributed by atoms with van der Waals surface area (Å²) in [6, 6.07) is 12.2. The zero-order valence-electron chi connectivity index (χ0n) is 15.8. The molecule has 1 unspecified atom stereocenters. The average molecular weight is 384 g/mol. The molecule has 0 radical (unpaired) electrons. The molecule has 28 heavy (non-hydrogen) atoms. The number of benzene rings is 2. The average Bonchev–Trinajstić information content (AvgIpc) is 3.19. The minimum atomic E-state index is -0.294. The number of nitrogens with one attached hydrogen (secondary N) is 1. The van der Waals surface area contributed by atoms with Crippen molar-refractivity contribution in [2.75, 3.05) is 26.4 Å². The lowest BCUT2D eigenvalue weighted by atomic mass is 10.0. The monoisotopic (exact) mass is 384 g/mol. The smallest absolute Gasteiger partial charge is 0.231 e. The molecule has 2 heterocycles. The summed E-state index contributed by atoms with van der Waals surface area (Å²) in [4.78, 5) is 14.9. The molecule has 5 nitrogen and oxygen atoms in total. The molecule has 1 atom stereocenters. The predicted molar refractivity (Wildman–Crippen MR) is 104 cm³/mol. The second-order valence-electron chi connectivity index (χ2n) is 7.33. The summed E-state index contributed by atoms with van der Waals surface area (Å²) in [5, 5.41) is 3.06. The summed E-state index contributed by atoms with van der Waals surface area (Å²) >= 11 is 0. The Balaban J connectivity index is 1.44. The van der Waals surface area contributed by atoms with E-state index in [1.54, 1.807) is 12.1 Å². The number of likely N-dealkylation sites (tertiary alicyclic amines) is 1. The van der Waals surface area contributed by atoms with Crippen molar-refractivity contribution >= 4 is 5.91 Å². The highest BCUT2D eigenvalue weighted by Gasteiger charge is 2.25. The Morgan fingerprint density at radius 3 is 2.57 bits per heavy atom. The Morgan fingerprint density at radius 2 is 1.79 bits per heavy atom. The lowest BCUT2D eigenvalue weighted by Gasteiger charge is -2.35. The highest BCUT2D eigenvalue weighted by atomic mass is 19.1. The van der Waals surface area contributed by atoms with Gasteiger partial charge in [-0.15, -0.1) is 0 Å². The first kappa shape index (κ1) is 18.7. The fraction of sp³-hybridized carbons (Fsp3) is 0.409. The molecule has 0 bridgehead atoms. The fourth-order valence-electron chi connectivity index (χ4n) is 3.87. The topological polar surface area (TPSA) is 50.8 Å². The SMILES string of the molecule is O=C(Cc1ccc(F)cc1)NCC(c1ccc2c(c1)OCO2)N1CCCCC1. The number of piperidine rings is 1. The van der Waals surface area contributed by atoms with Gasteiger partial charge in [0.2, 0.25) is 12.7 Å². The quantitative estimate of drug-likeness (QED) is 0.829. The molecule has 0 saturated carbocycles. The van der Waals surface area contributed by atoms with Gasteiger partial charge in [-0.1, -0.05) is 24.6 Å². The molecule has 148 valence electrons.